The molecule has 0 amide bonds. The van der Waals surface area contributed by atoms with Gasteiger partial charge in [0.1, 0.15) is 30.3 Å². The minimum absolute atomic E-state index is 0.769. The first kappa shape index (κ1) is 19.2. The molecule has 0 atom stereocenters. The third-order valence-electron chi connectivity index (χ3n) is 5.90. The first-order valence-corrected chi connectivity index (χ1v) is 11.6. The molecule has 2 N–H and O–H groups in total. The smallest absolute Gasteiger partial charge is 0.187 e. The summed E-state index contributed by atoms with van der Waals surface area (Å²) in [5.41, 5.74) is 3.50. The fourth-order valence-electron chi connectivity index (χ4n) is 4.24. The van der Waals surface area contributed by atoms with E-state index in [1.54, 1.807) is 0 Å². The van der Waals surface area contributed by atoms with Crippen LogP contribution in [0.1, 0.15) is 34.7 Å². The second kappa shape index (κ2) is 8.19. The van der Waals surface area contributed by atoms with Gasteiger partial charge >= 0.3 is 0 Å². The summed E-state index contributed by atoms with van der Waals surface area (Å²) in [5.74, 6) is 1.84. The molecule has 2 aliphatic rings. The summed E-state index contributed by atoms with van der Waals surface area (Å²) in [6.07, 6.45) is 4.80. The third-order valence-corrected chi connectivity index (χ3v) is 7.50. The van der Waals surface area contributed by atoms with Crippen LogP contribution in [0.2, 0.25) is 5.02 Å². The van der Waals surface area contributed by atoms with E-state index < -0.39 is 0 Å². The number of morpholine rings is 1. The van der Waals surface area contributed by atoms with E-state index in [9.17, 15) is 0 Å². The molecule has 0 unspecified atom stereocenters. The van der Waals surface area contributed by atoms with Crippen LogP contribution in [0.5, 0.6) is 0 Å². The second-order valence-electron chi connectivity index (χ2n) is 8.01. The average Bonchev–Trinajstić information content (AvgIpc) is 3.10. The number of anilines is 2. The predicted molar refractivity (Wildman–Crippen MR) is 119 cm³/mol. The molecule has 29 heavy (non-hydrogen) atoms. The molecule has 1 fully saturated rings. The van der Waals surface area contributed by atoms with Gasteiger partial charge in [-0.25, -0.2) is 9.97 Å². The minimum Gasteiger partial charge on any atom is -0.370 e. The summed E-state index contributed by atoms with van der Waals surface area (Å²) >= 11 is 8.22. The van der Waals surface area contributed by atoms with Crippen molar-refractivity contribution in [2.45, 2.75) is 39.2 Å². The molecule has 5 nitrogen and oxygen atoms in total. The maximum Gasteiger partial charge on any atom is 0.187 e. The lowest BCUT2D eigenvalue weighted by Crippen LogP contribution is -3.12. The van der Waals surface area contributed by atoms with E-state index in [-0.39, 0.29) is 0 Å². The van der Waals surface area contributed by atoms with E-state index in [0.717, 1.165) is 78.4 Å². The highest BCUT2D eigenvalue weighted by Gasteiger charge is 2.23. The Morgan fingerprint density at radius 1 is 1.17 bits per heavy atom. The average molecular weight is 430 g/mol. The zero-order valence-electron chi connectivity index (χ0n) is 16.7. The van der Waals surface area contributed by atoms with Crippen molar-refractivity contribution in [1.29, 1.82) is 0 Å². The molecule has 0 saturated carbocycles. The molecule has 1 aliphatic heterocycles. The Kier molecular flexibility index (Phi) is 5.43. The number of aromatic nitrogens is 2. The Hall–Kier alpha value is -1.73. The normalized spacial score (nSPS) is 17.4. The monoisotopic (exact) mass is 429 g/mol. The van der Waals surface area contributed by atoms with Crippen molar-refractivity contribution in [3.63, 3.8) is 0 Å². The lowest BCUT2D eigenvalue weighted by atomic mass is 9.97. The van der Waals surface area contributed by atoms with Gasteiger partial charge in [0.25, 0.3) is 0 Å². The van der Waals surface area contributed by atoms with Crippen molar-refractivity contribution < 1.29 is 9.64 Å². The van der Waals surface area contributed by atoms with Gasteiger partial charge in [-0.3, -0.25) is 0 Å². The Balaban J connectivity index is 1.56. The van der Waals surface area contributed by atoms with Crippen LogP contribution in [0.25, 0.3) is 10.2 Å². The van der Waals surface area contributed by atoms with Crippen LogP contribution in [0.15, 0.2) is 18.2 Å². The number of benzene rings is 1. The molecule has 3 heterocycles. The molecule has 0 spiro atoms. The largest absolute Gasteiger partial charge is 0.370 e. The summed E-state index contributed by atoms with van der Waals surface area (Å²) in [4.78, 5) is 14.1. The molecule has 7 heteroatoms. The molecule has 1 aliphatic carbocycles. The Morgan fingerprint density at radius 3 is 2.83 bits per heavy atom. The Labute approximate surface area is 180 Å². The molecule has 0 bridgehead atoms. The van der Waals surface area contributed by atoms with E-state index in [1.807, 2.05) is 30.4 Å². The molecule has 5 rings (SSSR count). The molecule has 1 aromatic carbocycles. The molecular weight excluding hydrogens is 404 g/mol. The van der Waals surface area contributed by atoms with Gasteiger partial charge in [0.15, 0.2) is 5.82 Å². The van der Waals surface area contributed by atoms with Crippen LogP contribution in [0.3, 0.4) is 0 Å². The first-order chi connectivity index (χ1) is 14.2. The maximum atomic E-state index is 6.37. The number of rotatable bonds is 4. The summed E-state index contributed by atoms with van der Waals surface area (Å²) in [7, 11) is 0. The maximum absolute atomic E-state index is 6.37. The first-order valence-electron chi connectivity index (χ1n) is 10.4. The molecule has 1 saturated heterocycles. The summed E-state index contributed by atoms with van der Waals surface area (Å²) < 4.78 is 5.50. The van der Waals surface area contributed by atoms with Crippen LogP contribution >= 0.6 is 22.9 Å². The molecular formula is C22H26ClN4OS+. The van der Waals surface area contributed by atoms with E-state index in [4.69, 9.17) is 26.3 Å². The number of ether oxygens (including phenoxy) is 1. The lowest BCUT2D eigenvalue weighted by Gasteiger charge is -2.23. The van der Waals surface area contributed by atoms with Crippen molar-refractivity contribution >= 4 is 44.7 Å². The zero-order chi connectivity index (χ0) is 19.8. The van der Waals surface area contributed by atoms with E-state index in [2.05, 4.69) is 11.4 Å². The Morgan fingerprint density at radius 2 is 2.00 bits per heavy atom. The van der Waals surface area contributed by atoms with Gasteiger partial charge in [-0.05, 0) is 55.9 Å². The summed E-state index contributed by atoms with van der Waals surface area (Å²) in [5, 5.41) is 5.55. The number of hydrogen-bond donors (Lipinski definition) is 2. The van der Waals surface area contributed by atoms with Gasteiger partial charge in [-0.2, -0.15) is 0 Å². The number of nitrogens with zero attached hydrogens (tertiary/aromatic N) is 2. The van der Waals surface area contributed by atoms with Crippen molar-refractivity contribution in [2.24, 2.45) is 0 Å². The molecule has 3 aromatic rings. The van der Waals surface area contributed by atoms with E-state index in [0.29, 0.717) is 0 Å². The van der Waals surface area contributed by atoms with Gasteiger partial charge in [-0.15, -0.1) is 11.3 Å². The van der Waals surface area contributed by atoms with Crippen molar-refractivity contribution in [3.8, 4) is 0 Å². The standard InChI is InChI=1S/C22H25ClN4OS/c1-14-6-7-15(12-17(14)23)24-21-20-16-4-2-3-5-18(16)29-22(20)26-19(25-21)13-27-8-10-28-11-9-27/h6-7,12H,2-5,8-11,13H2,1H3,(H,24,25,26)/p+1. The number of aryl methyl sites for hydroxylation is 3. The number of nitrogens with one attached hydrogen (secondary N) is 2. The highest BCUT2D eigenvalue weighted by Crippen LogP contribution is 2.39. The highest BCUT2D eigenvalue weighted by atomic mass is 35.5. The minimum atomic E-state index is 0.769. The van der Waals surface area contributed by atoms with Crippen LogP contribution in [-0.2, 0) is 24.1 Å². The quantitative estimate of drug-likeness (QED) is 0.664. The third kappa shape index (κ3) is 3.99. The molecule has 2 aromatic heterocycles. The van der Waals surface area contributed by atoms with Gasteiger partial charge in [0.05, 0.1) is 18.6 Å². The van der Waals surface area contributed by atoms with E-state index >= 15 is 0 Å². The predicted octanol–water partition coefficient (Wildman–Crippen LogP) is 3.69. The molecule has 152 valence electrons. The van der Waals surface area contributed by atoms with Gasteiger partial charge < -0.3 is 15.0 Å². The number of hydrogen-bond acceptors (Lipinski definition) is 5. The van der Waals surface area contributed by atoms with Crippen LogP contribution in [0.4, 0.5) is 11.5 Å². The topological polar surface area (TPSA) is 51.5 Å². The fraction of sp³-hybridized carbons (Fsp3) is 0.455. The van der Waals surface area contributed by atoms with Crippen LogP contribution < -0.4 is 10.2 Å². The van der Waals surface area contributed by atoms with Crippen molar-refractivity contribution in [3.05, 3.63) is 45.1 Å². The van der Waals surface area contributed by atoms with Crippen LogP contribution in [-0.4, -0.2) is 36.3 Å². The highest BCUT2D eigenvalue weighted by molar-refractivity contribution is 7.19. The Bertz CT molecular complexity index is 1040. The van der Waals surface area contributed by atoms with Gasteiger partial charge in [0.2, 0.25) is 0 Å². The second-order valence-corrected chi connectivity index (χ2v) is 9.50. The lowest BCUT2D eigenvalue weighted by molar-refractivity contribution is -0.922. The van der Waals surface area contributed by atoms with Crippen LogP contribution in [0, 0.1) is 6.92 Å². The van der Waals surface area contributed by atoms with Crippen molar-refractivity contribution in [1.82, 2.24) is 9.97 Å². The number of quaternary nitrogens is 1. The fourth-order valence-corrected chi connectivity index (χ4v) is 5.70. The number of thiophene rings is 1. The zero-order valence-corrected chi connectivity index (χ0v) is 18.3. The SMILES string of the molecule is Cc1ccc(Nc2nc(C[NH+]3CCOCC3)nc3sc4c(c23)CCCC4)cc1Cl. The summed E-state index contributed by atoms with van der Waals surface area (Å²) in [6.45, 7) is 6.52. The van der Waals surface area contributed by atoms with E-state index in [1.165, 1.54) is 33.6 Å². The van der Waals surface area contributed by atoms with Crippen molar-refractivity contribution in [2.75, 3.05) is 31.6 Å². The van der Waals surface area contributed by atoms with Gasteiger partial charge in [-0.1, -0.05) is 17.7 Å². The molecule has 0 radical (unpaired) electrons. The number of fused-ring (bicyclic) bond motifs is 3. The van der Waals surface area contributed by atoms with Gasteiger partial charge in [0, 0.05) is 15.6 Å². The summed E-state index contributed by atoms with van der Waals surface area (Å²) in [6, 6.07) is 6.10. The number of halogens is 1.